The number of azo groups is 1. The van der Waals surface area contributed by atoms with Crippen LogP contribution in [0.15, 0.2) is 121 Å². The second kappa shape index (κ2) is 31.4. The van der Waals surface area contributed by atoms with E-state index in [1.807, 2.05) is 0 Å². The van der Waals surface area contributed by atoms with E-state index in [9.17, 15) is 39.5 Å². The van der Waals surface area contributed by atoms with Gasteiger partial charge in [0.2, 0.25) is 0 Å². The molecule has 0 unspecified atom stereocenters. The Morgan fingerprint density at radius 2 is 1.22 bits per heavy atom. The predicted octanol–water partition coefficient (Wildman–Crippen LogP) is -13.3. The number of nitrogens with one attached hydrogen (secondary N) is 2. The number of rotatable bonds is 9. The van der Waals surface area contributed by atoms with Crippen LogP contribution in [0.1, 0.15) is 11.1 Å². The molecular formula is C32H18N5Na5O19S6. The van der Waals surface area contributed by atoms with Crippen molar-refractivity contribution in [1.82, 2.24) is 0 Å². The fourth-order valence-electron chi connectivity index (χ4n) is 4.69. The summed E-state index contributed by atoms with van der Waals surface area (Å²) < 4.78 is 179. The molecule has 3 N–H and O–H groups in total. The van der Waals surface area contributed by atoms with Crippen molar-refractivity contribution in [3.8, 4) is 11.5 Å². The number of nitrogens with zero attached hydrogens (tertiary/aromatic N) is 3. The number of hydrogen-bond acceptors (Lipinski definition) is 24. The fraction of sp³-hybridized carbons (Fsp3) is 0. The van der Waals surface area contributed by atoms with E-state index in [4.69, 9.17) is 47.5 Å². The zero-order valence-electron chi connectivity index (χ0n) is 34.7. The first-order valence-electron chi connectivity index (χ1n) is 15.3. The van der Waals surface area contributed by atoms with E-state index in [2.05, 4.69) is 39.0 Å². The maximum atomic E-state index is 13.3. The molecule has 0 aliphatic heterocycles. The third-order valence-corrected chi connectivity index (χ3v) is 9.90. The molecule has 35 heteroatoms. The van der Waals surface area contributed by atoms with E-state index in [0.29, 0.717) is 5.56 Å². The maximum Gasteiger partial charge on any atom is 1.00 e. The van der Waals surface area contributed by atoms with Gasteiger partial charge in [-0.15, -0.1) is 50.0 Å². The first-order chi connectivity index (χ1) is 28.8. The molecule has 0 aromatic heterocycles. The molecule has 0 heterocycles. The largest absolute Gasteiger partial charge is 1.00 e. The number of phenolic OH excluding ortho intramolecular Hbond substituents is 1. The molecule has 0 amide bonds. The molecule has 326 valence electrons. The number of anilines is 1. The molecule has 67 heavy (non-hydrogen) atoms. The average molecular weight is 1080 g/mol. The maximum absolute atomic E-state index is 13.3. The Balaban J connectivity index is -0.00000216. The van der Waals surface area contributed by atoms with Gasteiger partial charge < -0.3 is 23.8 Å². The molecule has 0 saturated heterocycles. The number of fused-ring (bicyclic) bond motifs is 2. The summed E-state index contributed by atoms with van der Waals surface area (Å²) in [6, 6.07) is 22.2. The number of benzene rings is 5. The van der Waals surface area contributed by atoms with Gasteiger partial charge >= 0.3 is 190 Å². The van der Waals surface area contributed by atoms with Crippen molar-refractivity contribution in [3.05, 3.63) is 120 Å². The second-order valence-electron chi connectivity index (χ2n) is 10.9. The molecule has 0 radical (unpaired) electrons. The van der Waals surface area contributed by atoms with Crippen LogP contribution >= 0.6 is 0 Å². The SMILES string of the molecule is N=C1C(=NNc2ccc(N=Nc3[c-]cc(S(=O)(=O)[O-])cc3)c3cc(S(=O)(=O)[O-])cc(OS(=O)(=O)c4ccccc4)c23)C=[C-]c2c[c-]cc(O)c21.O=S(=O)=O.O=S(=O)=O.O=S(=O)=O.[Na+].[Na+].[Na+].[Na+].[Na+]. The van der Waals surface area contributed by atoms with Crippen molar-refractivity contribution in [3.63, 3.8) is 0 Å². The normalized spacial score (nSPS) is 11.7. The summed E-state index contributed by atoms with van der Waals surface area (Å²) in [7, 11) is -24.0. The van der Waals surface area contributed by atoms with Gasteiger partial charge in [0, 0.05) is 17.2 Å². The summed E-state index contributed by atoms with van der Waals surface area (Å²) in [4.78, 5) is -1.74. The molecular weight excluding hydrogens is 1070 g/mol. The molecule has 5 aromatic carbocycles. The van der Waals surface area contributed by atoms with Crippen LogP contribution < -0.4 is 157 Å². The Kier molecular flexibility index (Phi) is 32.5. The van der Waals surface area contributed by atoms with Gasteiger partial charge in [0.25, 0.3) is 0 Å². The third-order valence-electron chi connectivity index (χ3n) is 7.01. The zero-order valence-corrected chi connectivity index (χ0v) is 49.6. The minimum Gasteiger partial charge on any atom is -0.754 e. The van der Waals surface area contributed by atoms with E-state index < -0.39 is 77.7 Å². The van der Waals surface area contributed by atoms with Crippen LogP contribution in [0.5, 0.6) is 11.5 Å². The van der Waals surface area contributed by atoms with E-state index in [1.165, 1.54) is 54.6 Å². The molecule has 0 fully saturated rings. The van der Waals surface area contributed by atoms with Gasteiger partial charge in [-0.3, -0.25) is 19.9 Å². The van der Waals surface area contributed by atoms with Crippen LogP contribution in [0, 0.1) is 23.6 Å². The summed E-state index contributed by atoms with van der Waals surface area (Å²) in [6.07, 6.45) is 4.24. The zero-order chi connectivity index (χ0) is 46.6. The summed E-state index contributed by atoms with van der Waals surface area (Å²) >= 11 is 0. The quantitative estimate of drug-likeness (QED) is 0.0308. The van der Waals surface area contributed by atoms with Gasteiger partial charge in [0.15, 0.2) is 5.75 Å². The standard InChI is InChI=1S/C32H20N5O10S3.5Na.3O3S/c33-32-27(14-9-19-5-4-8-28(38)30(19)32)37-36-26-16-15-25(35-34-20-10-12-21(13-11-20)48(39,40)41)24-17-23(49(42,43)44)18-29(31(24)26)47-50(45,46)22-6-2-1-3-7-22;;;;;;3*1-4(2)3/h1-3,5-8,10,12-18,33,36,38H,(H,39,40,41)(H,42,43,44);;;;;;;;/q-3;5*+1;;;/p-2. The van der Waals surface area contributed by atoms with Crippen molar-refractivity contribution in [2.24, 2.45) is 15.3 Å². The number of hydrogen-bond donors (Lipinski definition) is 3. The Hall–Kier alpha value is -1.93. The van der Waals surface area contributed by atoms with Gasteiger partial charge in [0.1, 0.15) is 15.0 Å². The third kappa shape index (κ3) is 22.4. The monoisotopic (exact) mass is 1080 g/mol. The molecule has 1 aliphatic carbocycles. The first-order valence-corrected chi connectivity index (χ1v) is 22.6. The van der Waals surface area contributed by atoms with E-state index >= 15 is 0 Å². The summed E-state index contributed by atoms with van der Waals surface area (Å²) in [5.41, 5.74) is 2.86. The smallest absolute Gasteiger partial charge is 0.754 e. The molecule has 0 atom stereocenters. The molecule has 6 rings (SSSR count). The average Bonchev–Trinajstić information content (AvgIpc) is 3.16. The number of hydrazone groups is 1. The van der Waals surface area contributed by atoms with Crippen LogP contribution in [0.4, 0.5) is 17.1 Å². The Morgan fingerprint density at radius 1 is 0.672 bits per heavy atom. The topological polar surface area (TPSA) is 405 Å². The first kappa shape index (κ1) is 69.3. The predicted molar refractivity (Wildman–Crippen MR) is 204 cm³/mol. The van der Waals surface area contributed by atoms with Crippen LogP contribution in [-0.4, -0.2) is 88.8 Å². The molecule has 0 spiro atoms. The van der Waals surface area contributed by atoms with Crippen molar-refractivity contribution in [2.45, 2.75) is 14.7 Å². The van der Waals surface area contributed by atoms with Gasteiger partial charge in [0.05, 0.1) is 31.8 Å². The van der Waals surface area contributed by atoms with Crippen molar-refractivity contribution < 1.29 is 229 Å². The Morgan fingerprint density at radius 3 is 1.73 bits per heavy atom. The minimum absolute atomic E-state index is 0. The number of allylic oxidation sites excluding steroid dienone is 1. The summed E-state index contributed by atoms with van der Waals surface area (Å²) in [5, 5.41) is 30.8. The fourth-order valence-corrected chi connectivity index (χ4v) is 6.60. The molecule has 0 saturated carbocycles. The molecule has 24 nitrogen and oxygen atoms in total. The second-order valence-corrected chi connectivity index (χ2v) is 16.4. The Labute approximate surface area is 496 Å². The van der Waals surface area contributed by atoms with Crippen LogP contribution in [0.2, 0.25) is 0 Å². The number of aromatic hydroxyl groups is 1. The van der Waals surface area contributed by atoms with Gasteiger partial charge in [-0.05, 0) is 47.5 Å². The minimum atomic E-state index is -5.23. The van der Waals surface area contributed by atoms with Crippen LogP contribution in [-0.2, 0) is 62.2 Å². The van der Waals surface area contributed by atoms with Crippen LogP contribution in [0.3, 0.4) is 0 Å². The summed E-state index contributed by atoms with van der Waals surface area (Å²) in [6.45, 7) is 0. The van der Waals surface area contributed by atoms with Gasteiger partial charge in [-0.1, -0.05) is 23.1 Å². The van der Waals surface area contributed by atoms with E-state index in [-0.39, 0.29) is 203 Å². The number of phenols is 1. The molecule has 5 aromatic rings. The molecule has 0 bridgehead atoms. The van der Waals surface area contributed by atoms with E-state index in [0.717, 1.165) is 30.3 Å². The van der Waals surface area contributed by atoms with Crippen LogP contribution in [0.25, 0.3) is 10.8 Å². The van der Waals surface area contributed by atoms with Gasteiger partial charge in [-0.25, -0.2) is 31.2 Å². The van der Waals surface area contributed by atoms with Crippen molar-refractivity contribution >= 4 is 101 Å². The Bertz CT molecular complexity index is 3290. The summed E-state index contributed by atoms with van der Waals surface area (Å²) in [5.74, 6) is -0.855. The molecule has 1 aliphatic rings. The van der Waals surface area contributed by atoms with E-state index in [1.54, 1.807) is 6.07 Å². The van der Waals surface area contributed by atoms with Crippen molar-refractivity contribution in [2.75, 3.05) is 5.43 Å². The van der Waals surface area contributed by atoms with Crippen molar-refractivity contribution in [1.29, 1.82) is 5.41 Å². The van der Waals surface area contributed by atoms with Gasteiger partial charge in [-0.2, -0.15) is 48.5 Å².